The van der Waals surface area contributed by atoms with Gasteiger partial charge in [-0.3, -0.25) is 14.9 Å². The Hall–Kier alpha value is -3.56. The smallest absolute Gasteiger partial charge is 0.387 e. The van der Waals surface area contributed by atoms with Crippen molar-refractivity contribution in [1.82, 2.24) is 0 Å². The molecule has 0 unspecified atom stereocenters. The minimum Gasteiger partial charge on any atom is -0.449 e. The van der Waals surface area contributed by atoms with E-state index in [1.807, 2.05) is 0 Å². The molecule has 8 nitrogen and oxygen atoms in total. The van der Waals surface area contributed by atoms with Crippen LogP contribution in [0.3, 0.4) is 0 Å². The summed E-state index contributed by atoms with van der Waals surface area (Å²) < 4.78 is 33.3. The lowest BCUT2D eigenvalue weighted by Crippen LogP contribution is -2.30. The fraction of sp³-hybridized carbons (Fsp3) is 0.176. The Kier molecular flexibility index (Phi) is 6.36. The Bertz CT molecular complexity index is 842. The third kappa shape index (κ3) is 5.73. The molecule has 0 aliphatic carbocycles. The molecule has 0 saturated carbocycles. The summed E-state index contributed by atoms with van der Waals surface area (Å²) in [5.41, 5.74) is 0.000712. The predicted molar refractivity (Wildman–Crippen MR) is 89.7 cm³/mol. The number of rotatable bonds is 7. The van der Waals surface area contributed by atoms with Crippen LogP contribution in [0.1, 0.15) is 17.3 Å². The van der Waals surface area contributed by atoms with E-state index in [9.17, 15) is 28.5 Å². The molecule has 2 rings (SSSR count). The second kappa shape index (κ2) is 8.70. The van der Waals surface area contributed by atoms with Crippen molar-refractivity contribution < 1.29 is 32.8 Å². The number of alkyl halides is 2. The molecule has 1 N–H and O–H groups in total. The normalized spacial score (nSPS) is 11.6. The van der Waals surface area contributed by atoms with Gasteiger partial charge in [0.2, 0.25) is 0 Å². The van der Waals surface area contributed by atoms with E-state index in [-0.39, 0.29) is 22.7 Å². The van der Waals surface area contributed by atoms with E-state index >= 15 is 0 Å². The van der Waals surface area contributed by atoms with Crippen LogP contribution in [0.5, 0.6) is 5.75 Å². The lowest BCUT2D eigenvalue weighted by atomic mass is 10.2. The summed E-state index contributed by atoms with van der Waals surface area (Å²) in [7, 11) is 0. The summed E-state index contributed by atoms with van der Waals surface area (Å²) >= 11 is 0. The lowest BCUT2D eigenvalue weighted by molar-refractivity contribution is -0.384. The van der Waals surface area contributed by atoms with Crippen molar-refractivity contribution in [2.75, 3.05) is 5.32 Å². The van der Waals surface area contributed by atoms with Gasteiger partial charge in [-0.15, -0.1) is 0 Å². The van der Waals surface area contributed by atoms with Crippen LogP contribution in [0.15, 0.2) is 48.5 Å². The zero-order chi connectivity index (χ0) is 20.0. The highest BCUT2D eigenvalue weighted by Gasteiger charge is 2.20. The molecule has 0 aliphatic heterocycles. The van der Waals surface area contributed by atoms with Gasteiger partial charge < -0.3 is 14.8 Å². The number of nitrogens with one attached hydrogen (secondary N) is 1. The highest BCUT2D eigenvalue weighted by molar-refractivity contribution is 5.97. The molecule has 0 aliphatic rings. The molecule has 2 aromatic rings. The predicted octanol–water partition coefficient (Wildman–Crippen LogP) is 3.38. The first-order valence-corrected chi connectivity index (χ1v) is 7.57. The molecule has 1 amide bonds. The molecule has 10 heteroatoms. The van der Waals surface area contributed by atoms with Crippen molar-refractivity contribution in [1.29, 1.82) is 0 Å². The Labute approximate surface area is 151 Å². The second-order valence-electron chi connectivity index (χ2n) is 5.25. The van der Waals surface area contributed by atoms with Crippen LogP contribution in [-0.4, -0.2) is 29.5 Å². The van der Waals surface area contributed by atoms with E-state index in [2.05, 4.69) is 10.1 Å². The van der Waals surface area contributed by atoms with Crippen LogP contribution >= 0.6 is 0 Å². The topological polar surface area (TPSA) is 108 Å². The first-order chi connectivity index (χ1) is 12.8. The van der Waals surface area contributed by atoms with Gasteiger partial charge in [-0.2, -0.15) is 8.78 Å². The summed E-state index contributed by atoms with van der Waals surface area (Å²) in [6.45, 7) is -1.67. The molecule has 2 aromatic carbocycles. The number of anilines is 1. The van der Waals surface area contributed by atoms with Gasteiger partial charge in [0.05, 0.1) is 10.5 Å². The number of esters is 1. The van der Waals surface area contributed by atoms with E-state index in [1.54, 1.807) is 0 Å². The van der Waals surface area contributed by atoms with Crippen molar-refractivity contribution in [2.24, 2.45) is 0 Å². The summed E-state index contributed by atoms with van der Waals surface area (Å²) in [5, 5.41) is 13.1. The fourth-order valence-corrected chi connectivity index (χ4v) is 2.00. The molecular weight excluding hydrogens is 366 g/mol. The number of carbonyl (C=O) groups is 2. The third-order valence-electron chi connectivity index (χ3n) is 3.29. The van der Waals surface area contributed by atoms with Gasteiger partial charge in [0.25, 0.3) is 11.6 Å². The molecule has 1 atom stereocenters. The van der Waals surface area contributed by atoms with Gasteiger partial charge in [0.1, 0.15) is 5.75 Å². The van der Waals surface area contributed by atoms with Crippen LogP contribution in [-0.2, 0) is 9.53 Å². The van der Waals surface area contributed by atoms with Crippen LogP contribution in [0.25, 0.3) is 0 Å². The van der Waals surface area contributed by atoms with Gasteiger partial charge in [-0.05, 0) is 37.3 Å². The molecule has 0 heterocycles. The standard InChI is InChI=1S/C17H14F2N2O6/c1-10(15(22)20-12-3-2-4-13(9-12)21(24)25)26-16(23)11-5-7-14(8-6-11)27-17(18)19/h2-10,17H,1H3,(H,20,22)/t10-/m0/s1. The van der Waals surface area contributed by atoms with Gasteiger partial charge in [0.15, 0.2) is 6.10 Å². The number of amides is 1. The van der Waals surface area contributed by atoms with E-state index in [1.165, 1.54) is 37.3 Å². The second-order valence-corrected chi connectivity index (χ2v) is 5.25. The average molecular weight is 380 g/mol. The van der Waals surface area contributed by atoms with Crippen molar-refractivity contribution in [3.63, 3.8) is 0 Å². The van der Waals surface area contributed by atoms with Crippen molar-refractivity contribution >= 4 is 23.3 Å². The van der Waals surface area contributed by atoms with E-state index in [0.29, 0.717) is 0 Å². The van der Waals surface area contributed by atoms with Gasteiger partial charge in [-0.1, -0.05) is 6.07 Å². The highest BCUT2D eigenvalue weighted by atomic mass is 19.3. The Morgan fingerprint density at radius 3 is 2.41 bits per heavy atom. The number of carbonyl (C=O) groups excluding carboxylic acids is 2. The number of hydrogen-bond acceptors (Lipinski definition) is 6. The number of non-ortho nitro benzene ring substituents is 1. The quantitative estimate of drug-likeness (QED) is 0.448. The van der Waals surface area contributed by atoms with Gasteiger partial charge in [-0.25, -0.2) is 4.79 Å². The summed E-state index contributed by atoms with van der Waals surface area (Å²) in [4.78, 5) is 34.2. The number of nitro benzene ring substituents is 1. The summed E-state index contributed by atoms with van der Waals surface area (Å²) in [6.07, 6.45) is -1.20. The molecule has 0 spiro atoms. The maximum Gasteiger partial charge on any atom is 0.387 e. The van der Waals surface area contributed by atoms with E-state index < -0.39 is 29.5 Å². The zero-order valence-corrected chi connectivity index (χ0v) is 13.9. The minimum absolute atomic E-state index is 0.0339. The number of benzene rings is 2. The van der Waals surface area contributed by atoms with Crippen LogP contribution in [0.4, 0.5) is 20.2 Å². The highest BCUT2D eigenvalue weighted by Crippen LogP contribution is 2.18. The summed E-state index contributed by atoms with van der Waals surface area (Å²) in [5.74, 6) is -1.67. The van der Waals surface area contributed by atoms with E-state index in [0.717, 1.165) is 18.2 Å². The number of nitro groups is 1. The number of nitrogens with zero attached hydrogens (tertiary/aromatic N) is 1. The number of hydrogen-bond donors (Lipinski definition) is 1. The minimum atomic E-state index is -2.99. The molecular formula is C17H14F2N2O6. The zero-order valence-electron chi connectivity index (χ0n) is 13.9. The molecule has 0 aromatic heterocycles. The van der Waals surface area contributed by atoms with Crippen molar-refractivity contribution in [2.45, 2.75) is 19.6 Å². The monoisotopic (exact) mass is 380 g/mol. The average Bonchev–Trinajstić information content (AvgIpc) is 2.61. The Balaban J connectivity index is 1.96. The van der Waals surface area contributed by atoms with E-state index in [4.69, 9.17) is 4.74 Å². The Morgan fingerprint density at radius 2 is 1.81 bits per heavy atom. The number of halogens is 2. The van der Waals surface area contributed by atoms with Crippen molar-refractivity contribution in [3.05, 3.63) is 64.2 Å². The number of ether oxygens (including phenoxy) is 2. The molecule has 0 radical (unpaired) electrons. The van der Waals surface area contributed by atoms with Crippen LogP contribution < -0.4 is 10.1 Å². The first-order valence-electron chi connectivity index (χ1n) is 7.57. The SMILES string of the molecule is C[C@H](OC(=O)c1ccc(OC(F)F)cc1)C(=O)Nc1cccc([N+](=O)[O-])c1. The maximum absolute atomic E-state index is 12.1. The molecule has 27 heavy (non-hydrogen) atoms. The molecule has 142 valence electrons. The van der Waals surface area contributed by atoms with Crippen molar-refractivity contribution in [3.8, 4) is 5.75 Å². The Morgan fingerprint density at radius 1 is 1.15 bits per heavy atom. The molecule has 0 fully saturated rings. The first kappa shape index (κ1) is 19.8. The largest absolute Gasteiger partial charge is 0.449 e. The lowest BCUT2D eigenvalue weighted by Gasteiger charge is -2.13. The van der Waals surface area contributed by atoms with Crippen LogP contribution in [0, 0.1) is 10.1 Å². The molecule has 0 saturated heterocycles. The third-order valence-corrected chi connectivity index (χ3v) is 3.29. The molecule has 0 bridgehead atoms. The van der Waals surface area contributed by atoms with Crippen LogP contribution in [0.2, 0.25) is 0 Å². The van der Waals surface area contributed by atoms with Gasteiger partial charge in [0, 0.05) is 17.8 Å². The maximum atomic E-state index is 12.1. The fourth-order valence-electron chi connectivity index (χ4n) is 2.00. The summed E-state index contributed by atoms with van der Waals surface area (Å²) in [6, 6.07) is 10.0. The van der Waals surface area contributed by atoms with Gasteiger partial charge >= 0.3 is 12.6 Å².